The first-order valence-electron chi connectivity index (χ1n) is 17.3. The predicted molar refractivity (Wildman–Crippen MR) is 183 cm³/mol. The lowest BCUT2D eigenvalue weighted by molar-refractivity contribution is -0.142. The molecule has 0 aromatic heterocycles. The molecular formula is C36H62N4O6. The summed E-state index contributed by atoms with van der Waals surface area (Å²) in [5, 5.41) is 0. The lowest BCUT2D eigenvalue weighted by Crippen LogP contribution is -2.34. The van der Waals surface area contributed by atoms with E-state index in [2.05, 4.69) is 13.8 Å². The quantitative estimate of drug-likeness (QED) is 0.127. The van der Waals surface area contributed by atoms with Crippen molar-refractivity contribution in [1.82, 2.24) is 19.6 Å². The molecule has 1 aromatic rings. The van der Waals surface area contributed by atoms with Crippen LogP contribution in [0.25, 0.3) is 0 Å². The standard InChI is InChI=1S/C36H62N4O6/c1-7-9-11-13-15-17-22-37(3)33(41)27-45-29-35(43)39(5)25-31-20-19-21-32(24-31)26-40(6)36(44)30-46-28-34(42)38(4)23-18-16-14-12-10-8-2/h19-21,24H,7-18,22-23,25-30H2,1-6H3. The van der Waals surface area contributed by atoms with Crippen LogP contribution in [0.15, 0.2) is 24.3 Å². The minimum atomic E-state index is -0.214. The molecule has 0 fully saturated rings. The van der Waals surface area contributed by atoms with Crippen LogP contribution in [0, 0.1) is 0 Å². The normalized spacial score (nSPS) is 10.9. The van der Waals surface area contributed by atoms with Gasteiger partial charge in [-0.15, -0.1) is 0 Å². The van der Waals surface area contributed by atoms with Crippen LogP contribution in [0.1, 0.15) is 102 Å². The van der Waals surface area contributed by atoms with Gasteiger partial charge in [0.05, 0.1) is 0 Å². The maximum atomic E-state index is 12.6. The number of benzene rings is 1. The second-order valence-corrected chi connectivity index (χ2v) is 12.5. The van der Waals surface area contributed by atoms with Gasteiger partial charge in [0.1, 0.15) is 26.4 Å². The van der Waals surface area contributed by atoms with Gasteiger partial charge < -0.3 is 29.1 Å². The highest BCUT2D eigenvalue weighted by molar-refractivity contribution is 5.80. The second-order valence-electron chi connectivity index (χ2n) is 12.5. The van der Waals surface area contributed by atoms with Crippen LogP contribution in [-0.4, -0.2) is 111 Å². The maximum absolute atomic E-state index is 12.6. The van der Waals surface area contributed by atoms with Crippen molar-refractivity contribution in [3.05, 3.63) is 35.4 Å². The van der Waals surface area contributed by atoms with E-state index in [4.69, 9.17) is 9.47 Å². The number of carbonyl (C=O) groups is 4. The molecule has 46 heavy (non-hydrogen) atoms. The number of likely N-dealkylation sites (N-methyl/N-ethyl adjacent to an activating group) is 4. The summed E-state index contributed by atoms with van der Waals surface area (Å²) >= 11 is 0. The fourth-order valence-electron chi connectivity index (χ4n) is 4.95. The number of rotatable bonds is 26. The average molecular weight is 647 g/mol. The molecule has 0 heterocycles. The van der Waals surface area contributed by atoms with Gasteiger partial charge in [-0.2, -0.15) is 0 Å². The van der Waals surface area contributed by atoms with E-state index in [-0.39, 0.29) is 50.1 Å². The SMILES string of the molecule is CCCCCCCCN(C)C(=O)COCC(=O)N(C)Cc1cccc(CN(C)C(=O)COCC(=O)N(C)CCCCCCCC)c1. The van der Waals surface area contributed by atoms with Crippen molar-refractivity contribution in [1.29, 1.82) is 0 Å². The minimum Gasteiger partial charge on any atom is -0.362 e. The van der Waals surface area contributed by atoms with E-state index in [1.54, 1.807) is 47.8 Å². The van der Waals surface area contributed by atoms with E-state index in [9.17, 15) is 19.2 Å². The van der Waals surface area contributed by atoms with Gasteiger partial charge in [-0.3, -0.25) is 19.2 Å². The van der Waals surface area contributed by atoms with Gasteiger partial charge in [0.2, 0.25) is 23.6 Å². The van der Waals surface area contributed by atoms with Gasteiger partial charge in [0, 0.05) is 54.4 Å². The summed E-state index contributed by atoms with van der Waals surface area (Å²) in [6, 6.07) is 7.70. The fraction of sp³-hybridized carbons (Fsp3) is 0.722. The number of amides is 4. The number of ether oxygens (including phenoxy) is 2. The lowest BCUT2D eigenvalue weighted by atomic mass is 10.1. The van der Waals surface area contributed by atoms with E-state index >= 15 is 0 Å². The monoisotopic (exact) mass is 646 g/mol. The van der Waals surface area contributed by atoms with Gasteiger partial charge >= 0.3 is 0 Å². The van der Waals surface area contributed by atoms with Gasteiger partial charge in [0.25, 0.3) is 0 Å². The molecule has 0 saturated carbocycles. The first-order chi connectivity index (χ1) is 22.1. The molecule has 10 heteroatoms. The van der Waals surface area contributed by atoms with Crippen LogP contribution in [0.3, 0.4) is 0 Å². The molecule has 0 atom stereocenters. The van der Waals surface area contributed by atoms with Crippen LogP contribution in [-0.2, 0) is 41.7 Å². The summed E-state index contributed by atoms with van der Waals surface area (Å²) < 4.78 is 10.9. The lowest BCUT2D eigenvalue weighted by Gasteiger charge is -2.21. The van der Waals surface area contributed by atoms with Gasteiger partial charge in [-0.05, 0) is 24.0 Å². The van der Waals surface area contributed by atoms with Crippen molar-refractivity contribution < 1.29 is 28.7 Å². The Morgan fingerprint density at radius 3 is 1.20 bits per heavy atom. The molecule has 0 aliphatic heterocycles. The van der Waals surface area contributed by atoms with Crippen molar-refractivity contribution in [2.45, 2.75) is 104 Å². The van der Waals surface area contributed by atoms with E-state index in [1.807, 2.05) is 24.3 Å². The third-order valence-electron chi connectivity index (χ3n) is 8.13. The summed E-state index contributed by atoms with van der Waals surface area (Å²) in [5.74, 6) is -0.673. The minimum absolute atomic E-state index is 0.116. The third kappa shape index (κ3) is 18.9. The number of carbonyl (C=O) groups excluding carboxylic acids is 4. The molecule has 0 N–H and O–H groups in total. The van der Waals surface area contributed by atoms with E-state index in [0.29, 0.717) is 26.2 Å². The number of nitrogens with zero attached hydrogens (tertiary/aromatic N) is 4. The predicted octanol–water partition coefficient (Wildman–Crippen LogP) is 5.27. The Morgan fingerprint density at radius 1 is 0.500 bits per heavy atom. The zero-order valence-electron chi connectivity index (χ0n) is 29.7. The molecular weight excluding hydrogens is 584 g/mol. The summed E-state index contributed by atoms with van der Waals surface area (Å²) in [7, 11) is 6.94. The molecule has 4 amide bonds. The summed E-state index contributed by atoms with van der Waals surface area (Å²) in [4.78, 5) is 56.4. The van der Waals surface area contributed by atoms with Crippen molar-refractivity contribution in [2.75, 3.05) is 67.7 Å². The molecule has 0 saturated heterocycles. The maximum Gasteiger partial charge on any atom is 0.248 e. The Morgan fingerprint density at radius 2 is 0.826 bits per heavy atom. The zero-order chi connectivity index (χ0) is 34.2. The summed E-state index contributed by atoms with van der Waals surface area (Å²) in [6.45, 7) is 5.97. The van der Waals surface area contributed by atoms with Gasteiger partial charge in [0.15, 0.2) is 0 Å². The third-order valence-corrected chi connectivity index (χ3v) is 8.13. The Balaban J connectivity index is 2.35. The van der Waals surface area contributed by atoms with Crippen LogP contribution >= 0.6 is 0 Å². The van der Waals surface area contributed by atoms with Crippen molar-refractivity contribution >= 4 is 23.6 Å². The number of unbranched alkanes of at least 4 members (excludes halogenated alkanes) is 10. The average Bonchev–Trinajstić information content (AvgIpc) is 3.03. The smallest absolute Gasteiger partial charge is 0.248 e. The summed E-state index contributed by atoms with van der Waals surface area (Å²) in [6.07, 6.45) is 14.0. The molecule has 0 unspecified atom stereocenters. The second kappa shape index (κ2) is 25.2. The van der Waals surface area contributed by atoms with Crippen LogP contribution in [0.2, 0.25) is 0 Å². The Hall–Kier alpha value is -2.98. The highest BCUT2D eigenvalue weighted by Crippen LogP contribution is 2.11. The van der Waals surface area contributed by atoms with E-state index in [0.717, 1.165) is 36.8 Å². The molecule has 0 radical (unpaired) electrons. The van der Waals surface area contributed by atoms with Gasteiger partial charge in [-0.1, -0.05) is 102 Å². The fourth-order valence-corrected chi connectivity index (χ4v) is 4.95. The Kier molecular flexibility index (Phi) is 22.4. The molecule has 0 aliphatic rings. The van der Waals surface area contributed by atoms with Crippen LogP contribution in [0.5, 0.6) is 0 Å². The first kappa shape index (κ1) is 41.0. The van der Waals surface area contributed by atoms with Crippen molar-refractivity contribution in [2.24, 2.45) is 0 Å². The Bertz CT molecular complexity index is 945. The molecule has 1 aromatic carbocycles. The highest BCUT2D eigenvalue weighted by Gasteiger charge is 2.15. The van der Waals surface area contributed by atoms with Crippen molar-refractivity contribution in [3.63, 3.8) is 0 Å². The number of hydrogen-bond acceptors (Lipinski definition) is 6. The zero-order valence-corrected chi connectivity index (χ0v) is 29.7. The molecule has 0 aliphatic carbocycles. The summed E-state index contributed by atoms with van der Waals surface area (Å²) in [5.41, 5.74) is 1.83. The van der Waals surface area contributed by atoms with E-state index in [1.165, 1.54) is 51.4 Å². The molecule has 0 bridgehead atoms. The van der Waals surface area contributed by atoms with Crippen LogP contribution in [0.4, 0.5) is 0 Å². The van der Waals surface area contributed by atoms with Crippen LogP contribution < -0.4 is 0 Å². The largest absolute Gasteiger partial charge is 0.362 e. The number of hydrogen-bond donors (Lipinski definition) is 0. The topological polar surface area (TPSA) is 99.7 Å². The van der Waals surface area contributed by atoms with Gasteiger partial charge in [-0.25, -0.2) is 0 Å². The molecule has 0 spiro atoms. The van der Waals surface area contributed by atoms with E-state index < -0.39 is 0 Å². The van der Waals surface area contributed by atoms with Crippen molar-refractivity contribution in [3.8, 4) is 0 Å². The molecule has 262 valence electrons. The highest BCUT2D eigenvalue weighted by atomic mass is 16.5. The molecule has 1 rings (SSSR count). The first-order valence-corrected chi connectivity index (χ1v) is 17.3. The molecule has 10 nitrogen and oxygen atoms in total. The Labute approximate surface area is 278 Å².